The lowest BCUT2D eigenvalue weighted by molar-refractivity contribution is -0.274. The number of carboxylic acid groups (broad SMARTS) is 1. The zero-order valence-electron chi connectivity index (χ0n) is 15.9. The van der Waals surface area contributed by atoms with Crippen molar-refractivity contribution in [3.63, 3.8) is 0 Å². The molecule has 1 aromatic carbocycles. The van der Waals surface area contributed by atoms with Crippen molar-refractivity contribution in [1.29, 1.82) is 0 Å². The summed E-state index contributed by atoms with van der Waals surface area (Å²) in [6.07, 6.45) is -0.498. The third kappa shape index (κ3) is 4.94. The van der Waals surface area contributed by atoms with E-state index in [1.54, 1.807) is 0 Å². The molecule has 1 N–H and O–H groups in total. The number of nitrogens with zero attached hydrogens (tertiary/aromatic N) is 1. The van der Waals surface area contributed by atoms with E-state index in [1.165, 1.54) is 0 Å². The van der Waals surface area contributed by atoms with E-state index in [1.807, 2.05) is 19.8 Å². The van der Waals surface area contributed by atoms with Gasteiger partial charge in [0.1, 0.15) is 0 Å². The van der Waals surface area contributed by atoms with Gasteiger partial charge in [0.2, 0.25) is 0 Å². The molecule has 2 atom stereocenters. The number of amides is 1. The lowest BCUT2D eigenvalue weighted by Crippen LogP contribution is -2.62. The van der Waals surface area contributed by atoms with Crippen molar-refractivity contribution < 1.29 is 37.3 Å². The maximum Gasteiger partial charge on any atom is 0.573 e. The summed E-state index contributed by atoms with van der Waals surface area (Å²) in [5, 5.41) is 8.91. The van der Waals surface area contributed by atoms with E-state index in [9.17, 15) is 27.9 Å². The molecule has 0 radical (unpaired) electrons. The monoisotopic (exact) mass is 467 g/mol. The third-order valence-electron chi connectivity index (χ3n) is 4.74. The lowest BCUT2D eigenvalue weighted by Gasteiger charge is -2.45. The summed E-state index contributed by atoms with van der Waals surface area (Å²) < 4.78 is 47.2. The van der Waals surface area contributed by atoms with Gasteiger partial charge in [0.05, 0.1) is 16.1 Å². The zero-order valence-corrected chi connectivity index (χ0v) is 17.4. The molecule has 2 unspecified atom stereocenters. The van der Waals surface area contributed by atoms with Crippen LogP contribution < -0.4 is 9.64 Å². The van der Waals surface area contributed by atoms with Crippen LogP contribution in [0.4, 0.5) is 18.9 Å². The number of benzene rings is 1. The Morgan fingerprint density at radius 1 is 1.37 bits per heavy atom. The Morgan fingerprint density at radius 2 is 1.93 bits per heavy atom. The maximum absolute atomic E-state index is 12.6. The Labute approximate surface area is 180 Å². The quantitative estimate of drug-likeness (QED) is 0.644. The summed E-state index contributed by atoms with van der Waals surface area (Å²) in [7, 11) is 0. The smallest absolute Gasteiger partial charge is 0.479 e. The third-order valence-corrected chi connectivity index (χ3v) is 5.30. The van der Waals surface area contributed by atoms with E-state index >= 15 is 0 Å². The van der Waals surface area contributed by atoms with Crippen molar-refractivity contribution >= 4 is 40.8 Å². The van der Waals surface area contributed by atoms with Gasteiger partial charge in [-0.2, -0.15) is 0 Å². The van der Waals surface area contributed by atoms with Crippen LogP contribution in [0, 0.1) is 18.3 Å². The van der Waals surface area contributed by atoms with Gasteiger partial charge in [0, 0.05) is 25.1 Å². The molecule has 1 heterocycles. The highest BCUT2D eigenvalue weighted by Gasteiger charge is 2.51. The van der Waals surface area contributed by atoms with E-state index < -0.39 is 45.7 Å². The highest BCUT2D eigenvalue weighted by Crippen LogP contribution is 2.43. The second-order valence-corrected chi connectivity index (χ2v) is 7.83. The molecule has 6 nitrogen and oxygen atoms in total. The van der Waals surface area contributed by atoms with Crippen molar-refractivity contribution in [3.8, 4) is 18.1 Å². The van der Waals surface area contributed by atoms with Gasteiger partial charge < -0.3 is 14.6 Å². The molecule has 0 saturated carbocycles. The minimum Gasteiger partial charge on any atom is -0.479 e. The van der Waals surface area contributed by atoms with E-state index in [0.717, 1.165) is 17.0 Å². The molecular formula is C19H18Cl2F3NO5. The van der Waals surface area contributed by atoms with E-state index in [-0.39, 0.29) is 31.1 Å². The predicted octanol–water partition coefficient (Wildman–Crippen LogP) is 4.52. The van der Waals surface area contributed by atoms with Gasteiger partial charge in [-0.25, -0.2) is 4.79 Å². The molecule has 0 spiro atoms. The van der Waals surface area contributed by atoms with Gasteiger partial charge >= 0.3 is 18.2 Å². The molecule has 1 fully saturated rings. The number of hydrogen-bond donors (Lipinski definition) is 1. The van der Waals surface area contributed by atoms with Crippen molar-refractivity contribution in [2.24, 2.45) is 5.92 Å². The Balaban J connectivity index is 2.64. The molecule has 2 rings (SSSR count). The van der Waals surface area contributed by atoms with Crippen LogP contribution in [-0.4, -0.2) is 41.6 Å². The fourth-order valence-corrected chi connectivity index (χ4v) is 3.86. The minimum absolute atomic E-state index is 0.0280. The molecule has 1 amide bonds. The summed E-state index contributed by atoms with van der Waals surface area (Å²) in [6, 6.07) is 1.91. The average Bonchev–Trinajstić information content (AvgIpc) is 2.64. The standard InChI is InChI=1S/C19H18Cl2F3NO5/c1-4-15(26)25(18(17(27)28)5-6-29-14(9-18)10(2)3)11-7-12(20)16(13(21)8-11)30-19(22,23)24/h1,7-8,10,14H,5-6,9H2,2-3H3,(H,27,28). The first-order valence-corrected chi connectivity index (χ1v) is 9.48. The number of halogens is 5. The number of carboxylic acids is 1. The van der Waals surface area contributed by atoms with Crippen LogP contribution in [0.2, 0.25) is 10.0 Å². The molecule has 1 saturated heterocycles. The number of anilines is 1. The van der Waals surface area contributed by atoms with Crippen LogP contribution in [-0.2, 0) is 14.3 Å². The Hall–Kier alpha value is -2.15. The number of rotatable bonds is 5. The summed E-state index contributed by atoms with van der Waals surface area (Å²) >= 11 is 11.8. The van der Waals surface area contributed by atoms with Gasteiger partial charge in [-0.05, 0) is 24.0 Å². The highest BCUT2D eigenvalue weighted by molar-refractivity contribution is 6.37. The van der Waals surface area contributed by atoms with Crippen LogP contribution in [0.25, 0.3) is 0 Å². The molecule has 1 aromatic rings. The number of carbonyl (C=O) groups excluding carboxylic acids is 1. The Bertz CT molecular complexity index is 861. The molecular weight excluding hydrogens is 450 g/mol. The van der Waals surface area contributed by atoms with Crippen LogP contribution in [0.5, 0.6) is 5.75 Å². The molecule has 0 aromatic heterocycles. The van der Waals surface area contributed by atoms with Crippen molar-refractivity contribution in [2.75, 3.05) is 11.5 Å². The molecule has 1 aliphatic heterocycles. The minimum atomic E-state index is -5.06. The molecule has 0 aliphatic carbocycles. The summed E-state index contributed by atoms with van der Waals surface area (Å²) in [6.45, 7) is 3.68. The number of ether oxygens (including phenoxy) is 2. The zero-order chi connectivity index (χ0) is 22.9. The SMILES string of the molecule is C#CC(=O)N(c1cc(Cl)c(OC(F)(F)F)c(Cl)c1)C1(C(=O)O)CCOC(C(C)C)C1. The van der Waals surface area contributed by atoms with Crippen molar-refractivity contribution in [1.82, 2.24) is 0 Å². The second kappa shape index (κ2) is 8.92. The van der Waals surface area contributed by atoms with Crippen LogP contribution >= 0.6 is 23.2 Å². The lowest BCUT2D eigenvalue weighted by atomic mass is 9.81. The Kier molecular flexibility index (Phi) is 7.17. The summed E-state index contributed by atoms with van der Waals surface area (Å²) in [4.78, 5) is 25.8. The van der Waals surface area contributed by atoms with Gasteiger partial charge in [-0.1, -0.05) is 37.0 Å². The number of aliphatic carboxylic acids is 1. The van der Waals surface area contributed by atoms with Gasteiger partial charge in [-0.3, -0.25) is 9.69 Å². The Morgan fingerprint density at radius 3 is 2.37 bits per heavy atom. The topological polar surface area (TPSA) is 76.1 Å². The highest BCUT2D eigenvalue weighted by atomic mass is 35.5. The molecule has 0 bridgehead atoms. The second-order valence-electron chi connectivity index (χ2n) is 7.02. The fraction of sp³-hybridized carbons (Fsp3) is 0.474. The van der Waals surface area contributed by atoms with Crippen LogP contribution in [0.3, 0.4) is 0 Å². The maximum atomic E-state index is 12.6. The normalized spacial score (nSPS) is 21.8. The van der Waals surface area contributed by atoms with Crippen molar-refractivity contribution in [3.05, 3.63) is 22.2 Å². The first-order chi connectivity index (χ1) is 13.8. The molecule has 30 heavy (non-hydrogen) atoms. The number of carbonyl (C=O) groups is 2. The first kappa shape index (κ1) is 24.1. The number of hydrogen-bond acceptors (Lipinski definition) is 4. The molecule has 11 heteroatoms. The fourth-order valence-electron chi connectivity index (χ4n) is 3.31. The largest absolute Gasteiger partial charge is 0.573 e. The van der Waals surface area contributed by atoms with Gasteiger partial charge in [0.15, 0.2) is 11.3 Å². The summed E-state index contributed by atoms with van der Waals surface area (Å²) in [5.74, 6) is -1.44. The molecule has 1 aliphatic rings. The van der Waals surface area contributed by atoms with Gasteiger partial charge in [0.25, 0.3) is 0 Å². The van der Waals surface area contributed by atoms with E-state index in [2.05, 4.69) is 4.74 Å². The summed E-state index contributed by atoms with van der Waals surface area (Å²) in [5.41, 5.74) is -1.98. The van der Waals surface area contributed by atoms with Crippen molar-refractivity contribution in [2.45, 2.75) is 44.7 Å². The van der Waals surface area contributed by atoms with E-state index in [4.69, 9.17) is 34.4 Å². The van der Waals surface area contributed by atoms with Gasteiger partial charge in [-0.15, -0.1) is 19.6 Å². The first-order valence-electron chi connectivity index (χ1n) is 8.73. The van der Waals surface area contributed by atoms with Crippen LogP contribution in [0.1, 0.15) is 26.7 Å². The average molecular weight is 468 g/mol. The number of terminal acetylenes is 1. The molecule has 164 valence electrons. The van der Waals surface area contributed by atoms with Crippen LogP contribution in [0.15, 0.2) is 12.1 Å². The predicted molar refractivity (Wildman–Crippen MR) is 104 cm³/mol. The van der Waals surface area contributed by atoms with E-state index in [0.29, 0.717) is 0 Å². The number of alkyl halides is 3.